The van der Waals surface area contributed by atoms with E-state index in [4.69, 9.17) is 9.57 Å². The van der Waals surface area contributed by atoms with Crippen molar-refractivity contribution in [3.63, 3.8) is 0 Å². The van der Waals surface area contributed by atoms with Gasteiger partial charge in [-0.2, -0.15) is 0 Å². The number of nitrogens with zero attached hydrogens (tertiary/aromatic N) is 2. The molecule has 1 amide bonds. The second-order valence-electron chi connectivity index (χ2n) is 8.13. The van der Waals surface area contributed by atoms with Gasteiger partial charge in [-0.1, -0.05) is 30.3 Å². The third-order valence-corrected chi connectivity index (χ3v) is 4.50. The van der Waals surface area contributed by atoms with Crippen LogP contribution in [0, 0.1) is 0 Å². The maximum atomic E-state index is 13.1. The Balaban J connectivity index is 1.58. The summed E-state index contributed by atoms with van der Waals surface area (Å²) < 4.78 is 5.19. The van der Waals surface area contributed by atoms with Crippen LogP contribution in [-0.4, -0.2) is 59.3 Å². The van der Waals surface area contributed by atoms with Crippen molar-refractivity contribution in [2.24, 2.45) is 0 Å². The lowest BCUT2D eigenvalue weighted by Gasteiger charge is -2.34. The van der Waals surface area contributed by atoms with Gasteiger partial charge in [-0.25, -0.2) is 4.79 Å². The summed E-state index contributed by atoms with van der Waals surface area (Å²) in [5.74, 6) is 0.0545. The summed E-state index contributed by atoms with van der Waals surface area (Å²) in [6, 6.07) is 9.93. The highest BCUT2D eigenvalue weighted by molar-refractivity contribution is 5.83. The molecule has 1 saturated carbocycles. The third-order valence-electron chi connectivity index (χ3n) is 4.50. The van der Waals surface area contributed by atoms with Gasteiger partial charge in [-0.15, -0.1) is 5.06 Å². The summed E-state index contributed by atoms with van der Waals surface area (Å²) in [6.07, 6.45) is 1.35. The normalized spacial score (nSPS) is 20.8. The van der Waals surface area contributed by atoms with Crippen molar-refractivity contribution in [2.45, 2.75) is 57.8 Å². The predicted molar refractivity (Wildman–Crippen MR) is 101 cm³/mol. The fraction of sp³-hybridized carbons (Fsp3) is 0.600. The van der Waals surface area contributed by atoms with E-state index in [9.17, 15) is 9.59 Å². The zero-order valence-electron chi connectivity index (χ0n) is 16.3. The van der Waals surface area contributed by atoms with Crippen LogP contribution in [0.1, 0.15) is 39.2 Å². The van der Waals surface area contributed by atoms with Crippen LogP contribution in [0.4, 0.5) is 4.79 Å². The SMILES string of the molecule is CC(C)(C)OC(=O)ON1CCNC(C(=O)N(Cc2ccccc2)C2CC2)C1. The van der Waals surface area contributed by atoms with Crippen LogP contribution in [0.5, 0.6) is 0 Å². The molecule has 1 N–H and O–H groups in total. The van der Waals surface area contributed by atoms with Gasteiger partial charge in [-0.05, 0) is 39.2 Å². The number of benzene rings is 1. The van der Waals surface area contributed by atoms with Gasteiger partial charge in [0.1, 0.15) is 11.6 Å². The average Bonchev–Trinajstić information content (AvgIpc) is 3.43. The lowest BCUT2D eigenvalue weighted by atomic mass is 10.1. The Hall–Kier alpha value is -2.12. The number of hydrogen-bond acceptors (Lipinski definition) is 6. The van der Waals surface area contributed by atoms with Crippen LogP contribution >= 0.6 is 0 Å². The number of carbonyl (C=O) groups excluding carboxylic acids is 2. The van der Waals surface area contributed by atoms with E-state index in [1.807, 2.05) is 35.2 Å². The Kier molecular flexibility index (Phi) is 6.01. The highest BCUT2D eigenvalue weighted by Crippen LogP contribution is 2.29. The third kappa shape index (κ3) is 5.94. The maximum Gasteiger partial charge on any atom is 0.528 e. The molecule has 0 aromatic heterocycles. The second kappa shape index (κ2) is 8.27. The molecule has 1 aliphatic heterocycles. The molecule has 7 nitrogen and oxygen atoms in total. The summed E-state index contributed by atoms with van der Waals surface area (Å²) in [6.45, 7) is 7.38. The predicted octanol–water partition coefficient (Wildman–Crippen LogP) is 2.32. The average molecular weight is 375 g/mol. The van der Waals surface area contributed by atoms with Crippen LogP contribution in [-0.2, 0) is 20.9 Å². The van der Waals surface area contributed by atoms with Gasteiger partial charge in [0, 0.05) is 25.7 Å². The molecule has 1 saturated heterocycles. The van der Waals surface area contributed by atoms with E-state index in [-0.39, 0.29) is 5.91 Å². The van der Waals surface area contributed by atoms with Crippen molar-refractivity contribution in [2.75, 3.05) is 19.6 Å². The first-order chi connectivity index (χ1) is 12.8. The number of ether oxygens (including phenoxy) is 1. The first kappa shape index (κ1) is 19.6. The first-order valence-corrected chi connectivity index (χ1v) is 9.55. The molecule has 148 valence electrons. The largest absolute Gasteiger partial charge is 0.528 e. The number of rotatable bonds is 5. The summed E-state index contributed by atoms with van der Waals surface area (Å²) in [4.78, 5) is 32.2. The smallest absolute Gasteiger partial charge is 0.427 e. The summed E-state index contributed by atoms with van der Waals surface area (Å²) in [5.41, 5.74) is 0.508. The molecule has 3 rings (SSSR count). The number of hydrogen-bond donors (Lipinski definition) is 1. The molecule has 27 heavy (non-hydrogen) atoms. The minimum Gasteiger partial charge on any atom is -0.427 e. The van der Waals surface area contributed by atoms with Crippen LogP contribution in [0.15, 0.2) is 30.3 Å². The number of amides is 1. The van der Waals surface area contributed by atoms with Gasteiger partial charge in [0.2, 0.25) is 5.91 Å². The fourth-order valence-corrected chi connectivity index (χ4v) is 3.10. The second-order valence-corrected chi connectivity index (χ2v) is 8.13. The van der Waals surface area contributed by atoms with E-state index in [2.05, 4.69) is 5.32 Å². The van der Waals surface area contributed by atoms with Gasteiger partial charge in [-0.3, -0.25) is 4.79 Å². The van der Waals surface area contributed by atoms with E-state index >= 15 is 0 Å². The monoisotopic (exact) mass is 375 g/mol. The highest BCUT2D eigenvalue weighted by atomic mass is 16.8. The number of carbonyl (C=O) groups is 2. The molecule has 1 heterocycles. The van der Waals surface area contributed by atoms with E-state index in [0.717, 1.165) is 18.4 Å². The molecular weight excluding hydrogens is 346 g/mol. The molecular formula is C20H29N3O4. The lowest BCUT2D eigenvalue weighted by Crippen LogP contribution is -2.58. The van der Waals surface area contributed by atoms with E-state index in [1.165, 1.54) is 5.06 Å². The Morgan fingerprint density at radius 3 is 2.56 bits per heavy atom. The molecule has 7 heteroatoms. The topological polar surface area (TPSA) is 71.1 Å². The van der Waals surface area contributed by atoms with Crippen molar-refractivity contribution in [1.82, 2.24) is 15.3 Å². The summed E-state index contributed by atoms with van der Waals surface area (Å²) in [5, 5.41) is 4.77. The first-order valence-electron chi connectivity index (χ1n) is 9.55. The molecule has 2 aliphatic rings. The zero-order valence-corrected chi connectivity index (χ0v) is 16.3. The highest BCUT2D eigenvalue weighted by Gasteiger charge is 2.38. The minimum absolute atomic E-state index is 0.0545. The molecule has 0 radical (unpaired) electrons. The van der Waals surface area contributed by atoms with Gasteiger partial charge in [0.25, 0.3) is 0 Å². The van der Waals surface area contributed by atoms with Crippen molar-refractivity contribution in [3.8, 4) is 0 Å². The summed E-state index contributed by atoms with van der Waals surface area (Å²) >= 11 is 0. The lowest BCUT2D eigenvalue weighted by molar-refractivity contribution is -0.162. The molecule has 1 atom stereocenters. The summed E-state index contributed by atoms with van der Waals surface area (Å²) in [7, 11) is 0. The molecule has 2 fully saturated rings. The van der Waals surface area contributed by atoms with Crippen LogP contribution < -0.4 is 5.32 Å². The quantitative estimate of drug-likeness (QED) is 0.797. The van der Waals surface area contributed by atoms with Crippen molar-refractivity contribution >= 4 is 12.1 Å². The molecule has 0 spiro atoms. The molecule has 1 aromatic carbocycles. The number of piperazine rings is 1. The maximum absolute atomic E-state index is 13.1. The number of nitrogens with one attached hydrogen (secondary N) is 1. The van der Waals surface area contributed by atoms with E-state index < -0.39 is 17.8 Å². The minimum atomic E-state index is -0.737. The van der Waals surface area contributed by atoms with Crippen molar-refractivity contribution in [1.29, 1.82) is 0 Å². The number of hydroxylamine groups is 2. The van der Waals surface area contributed by atoms with Crippen LogP contribution in [0.25, 0.3) is 0 Å². The molecule has 1 aliphatic carbocycles. The Labute approximate surface area is 160 Å². The van der Waals surface area contributed by atoms with E-state index in [1.54, 1.807) is 20.8 Å². The zero-order chi connectivity index (χ0) is 19.4. The molecule has 1 aromatic rings. The Morgan fingerprint density at radius 1 is 1.22 bits per heavy atom. The Morgan fingerprint density at radius 2 is 1.93 bits per heavy atom. The Bertz CT molecular complexity index is 655. The van der Waals surface area contributed by atoms with Gasteiger partial charge in [0.15, 0.2) is 0 Å². The van der Waals surface area contributed by atoms with E-state index in [0.29, 0.717) is 32.2 Å². The fourth-order valence-electron chi connectivity index (χ4n) is 3.10. The standard InChI is InChI=1S/C20H29N3O4/c1-20(2,3)26-19(25)27-22-12-11-21-17(14-22)18(24)23(16-9-10-16)13-15-7-5-4-6-8-15/h4-8,16-17,21H,9-14H2,1-3H3. The molecule has 1 unspecified atom stereocenters. The van der Waals surface area contributed by atoms with Gasteiger partial charge >= 0.3 is 6.16 Å². The van der Waals surface area contributed by atoms with Gasteiger partial charge in [0.05, 0.1) is 6.54 Å². The van der Waals surface area contributed by atoms with Gasteiger partial charge < -0.3 is 19.8 Å². The van der Waals surface area contributed by atoms with Crippen molar-refractivity contribution in [3.05, 3.63) is 35.9 Å². The van der Waals surface area contributed by atoms with Crippen LogP contribution in [0.2, 0.25) is 0 Å². The van der Waals surface area contributed by atoms with Crippen LogP contribution in [0.3, 0.4) is 0 Å². The molecule has 0 bridgehead atoms. The van der Waals surface area contributed by atoms with Crippen molar-refractivity contribution < 1.29 is 19.2 Å².